The summed E-state index contributed by atoms with van der Waals surface area (Å²) in [4.78, 5) is 7.10. The second-order valence-corrected chi connectivity index (χ2v) is 6.52. The number of nitrogens with one attached hydrogen (secondary N) is 1. The average Bonchev–Trinajstić information content (AvgIpc) is 2.58. The lowest BCUT2D eigenvalue weighted by atomic mass is 10.1. The van der Waals surface area contributed by atoms with Crippen LogP contribution in [0.25, 0.3) is 0 Å². The molecule has 0 aliphatic carbocycles. The molecule has 1 aliphatic rings. The van der Waals surface area contributed by atoms with E-state index in [2.05, 4.69) is 41.4 Å². The van der Waals surface area contributed by atoms with E-state index in [0.717, 1.165) is 31.7 Å². The quantitative estimate of drug-likeness (QED) is 0.894. The number of aryl methyl sites for hydroxylation is 1. The summed E-state index contributed by atoms with van der Waals surface area (Å²) in [5.74, 6) is 0. The van der Waals surface area contributed by atoms with Gasteiger partial charge in [0.25, 0.3) is 0 Å². The molecule has 0 unspecified atom stereocenters. The normalized spacial score (nSPS) is 21.4. The molecule has 1 aliphatic heterocycles. The van der Waals surface area contributed by atoms with Crippen LogP contribution in [0, 0.1) is 6.92 Å². The van der Waals surface area contributed by atoms with Crippen molar-refractivity contribution in [1.82, 2.24) is 15.2 Å². The largest absolute Gasteiger partial charge is 0.310 e. The minimum Gasteiger partial charge on any atom is -0.310 e. The minimum absolute atomic E-state index is 0.245. The Kier molecular flexibility index (Phi) is 4.17. The molecule has 3 nitrogen and oxygen atoms in total. The lowest BCUT2D eigenvalue weighted by Crippen LogP contribution is -2.46. The van der Waals surface area contributed by atoms with Gasteiger partial charge in [-0.3, -0.25) is 0 Å². The Morgan fingerprint density at radius 3 is 3.06 bits per heavy atom. The van der Waals surface area contributed by atoms with Crippen LogP contribution in [0.3, 0.4) is 0 Å². The zero-order valence-corrected chi connectivity index (χ0v) is 11.9. The number of nitrogens with zero attached hydrogens (tertiary/aromatic N) is 2. The van der Waals surface area contributed by atoms with Gasteiger partial charge in [-0.2, -0.15) is 0 Å². The summed E-state index contributed by atoms with van der Waals surface area (Å²) in [5.41, 5.74) is 1.40. The van der Waals surface area contributed by atoms with Crippen LogP contribution < -0.4 is 5.32 Å². The first kappa shape index (κ1) is 13.0. The van der Waals surface area contributed by atoms with E-state index in [9.17, 15) is 0 Å². The summed E-state index contributed by atoms with van der Waals surface area (Å²) >= 11 is 1.79. The van der Waals surface area contributed by atoms with Crippen molar-refractivity contribution in [3.8, 4) is 0 Å². The highest BCUT2D eigenvalue weighted by atomic mass is 32.1. The van der Waals surface area contributed by atoms with E-state index in [0.29, 0.717) is 0 Å². The molecule has 2 heterocycles. The molecule has 96 valence electrons. The van der Waals surface area contributed by atoms with Crippen LogP contribution in [0.5, 0.6) is 0 Å². The van der Waals surface area contributed by atoms with Gasteiger partial charge in [-0.1, -0.05) is 0 Å². The maximum Gasteiger partial charge on any atom is 0.0940 e. The van der Waals surface area contributed by atoms with Gasteiger partial charge >= 0.3 is 0 Å². The van der Waals surface area contributed by atoms with Crippen molar-refractivity contribution in [3.05, 3.63) is 16.1 Å². The summed E-state index contributed by atoms with van der Waals surface area (Å²) in [6.45, 7) is 11.3. The van der Waals surface area contributed by atoms with Crippen LogP contribution in [-0.2, 0) is 6.42 Å². The molecule has 1 fully saturated rings. The van der Waals surface area contributed by atoms with Gasteiger partial charge in [0.1, 0.15) is 0 Å². The summed E-state index contributed by atoms with van der Waals surface area (Å²) in [7, 11) is 0. The third kappa shape index (κ3) is 4.05. The fourth-order valence-electron chi connectivity index (χ4n) is 2.39. The van der Waals surface area contributed by atoms with Crippen molar-refractivity contribution in [1.29, 1.82) is 0 Å². The predicted octanol–water partition coefficient (Wildman–Crippen LogP) is 2.07. The molecule has 0 saturated carbocycles. The summed E-state index contributed by atoms with van der Waals surface area (Å²) in [6.07, 6.45) is 2.34. The van der Waals surface area contributed by atoms with Gasteiger partial charge in [0.2, 0.25) is 0 Å². The average molecular weight is 253 g/mol. The minimum atomic E-state index is 0.245. The summed E-state index contributed by atoms with van der Waals surface area (Å²) in [5, 5.41) is 7.02. The molecule has 0 bridgehead atoms. The fraction of sp³-hybridized carbons (Fsp3) is 0.769. The Balaban J connectivity index is 1.85. The van der Waals surface area contributed by atoms with Gasteiger partial charge in [0.05, 0.1) is 5.01 Å². The maximum absolute atomic E-state index is 4.53. The van der Waals surface area contributed by atoms with Crippen molar-refractivity contribution in [3.63, 3.8) is 0 Å². The highest BCUT2D eigenvalue weighted by Gasteiger charge is 2.23. The molecule has 0 aromatic carbocycles. The second-order valence-electron chi connectivity index (χ2n) is 5.57. The smallest absolute Gasteiger partial charge is 0.0940 e. The van der Waals surface area contributed by atoms with Crippen molar-refractivity contribution < 1.29 is 0 Å². The fourth-order valence-corrected chi connectivity index (χ4v) is 3.15. The first-order valence-corrected chi connectivity index (χ1v) is 7.31. The van der Waals surface area contributed by atoms with Gasteiger partial charge in [0, 0.05) is 36.1 Å². The zero-order valence-electron chi connectivity index (χ0n) is 11.1. The molecule has 1 aromatic heterocycles. The monoisotopic (exact) mass is 253 g/mol. The van der Waals surface area contributed by atoms with E-state index in [1.165, 1.54) is 18.0 Å². The molecule has 0 spiro atoms. The van der Waals surface area contributed by atoms with Gasteiger partial charge < -0.3 is 10.2 Å². The Hall–Kier alpha value is -0.450. The van der Waals surface area contributed by atoms with E-state index < -0.39 is 0 Å². The van der Waals surface area contributed by atoms with Crippen molar-refractivity contribution in [2.75, 3.05) is 26.2 Å². The summed E-state index contributed by atoms with van der Waals surface area (Å²) < 4.78 is 0. The SMILES string of the molecule is Cc1csc(CCN2CCCNC(C)(C)C2)n1. The Morgan fingerprint density at radius 2 is 2.35 bits per heavy atom. The van der Waals surface area contributed by atoms with Crippen LogP contribution in [-0.4, -0.2) is 41.6 Å². The highest BCUT2D eigenvalue weighted by molar-refractivity contribution is 7.09. The van der Waals surface area contributed by atoms with Gasteiger partial charge in [-0.25, -0.2) is 4.98 Å². The van der Waals surface area contributed by atoms with E-state index in [-0.39, 0.29) is 5.54 Å². The van der Waals surface area contributed by atoms with Crippen LogP contribution in [0.4, 0.5) is 0 Å². The number of rotatable bonds is 3. The van der Waals surface area contributed by atoms with Crippen molar-refractivity contribution >= 4 is 11.3 Å². The number of hydrogen-bond acceptors (Lipinski definition) is 4. The third-order valence-electron chi connectivity index (χ3n) is 3.18. The molecular formula is C13H23N3S. The Morgan fingerprint density at radius 1 is 1.53 bits per heavy atom. The molecule has 0 atom stereocenters. The predicted molar refractivity (Wildman–Crippen MR) is 73.7 cm³/mol. The molecule has 4 heteroatoms. The van der Waals surface area contributed by atoms with Gasteiger partial charge in [-0.15, -0.1) is 11.3 Å². The molecule has 2 rings (SSSR count). The van der Waals surface area contributed by atoms with Crippen molar-refractivity contribution in [2.24, 2.45) is 0 Å². The first-order valence-electron chi connectivity index (χ1n) is 6.44. The van der Waals surface area contributed by atoms with Crippen LogP contribution in [0.15, 0.2) is 5.38 Å². The molecule has 1 saturated heterocycles. The summed E-state index contributed by atoms with van der Waals surface area (Å²) in [6, 6.07) is 0. The highest BCUT2D eigenvalue weighted by Crippen LogP contribution is 2.13. The van der Waals surface area contributed by atoms with Crippen LogP contribution in [0.2, 0.25) is 0 Å². The zero-order chi connectivity index (χ0) is 12.3. The molecule has 1 aromatic rings. The van der Waals surface area contributed by atoms with E-state index in [1.54, 1.807) is 11.3 Å². The second kappa shape index (κ2) is 5.46. The molecular weight excluding hydrogens is 230 g/mol. The van der Waals surface area contributed by atoms with Crippen molar-refractivity contribution in [2.45, 2.75) is 39.2 Å². The van der Waals surface area contributed by atoms with E-state index in [1.807, 2.05) is 0 Å². The molecule has 1 N–H and O–H groups in total. The van der Waals surface area contributed by atoms with Crippen LogP contribution >= 0.6 is 11.3 Å². The first-order chi connectivity index (χ1) is 8.05. The number of thiazole rings is 1. The standard InChI is InChI=1S/C13H23N3S/c1-11-9-17-12(15-11)5-8-16-7-4-6-14-13(2,3)10-16/h9,14H,4-8,10H2,1-3H3. The van der Waals surface area contributed by atoms with E-state index >= 15 is 0 Å². The lowest BCUT2D eigenvalue weighted by molar-refractivity contribution is 0.233. The van der Waals surface area contributed by atoms with Crippen LogP contribution in [0.1, 0.15) is 31.0 Å². The molecule has 17 heavy (non-hydrogen) atoms. The Bertz CT molecular complexity index is 359. The number of aromatic nitrogens is 1. The van der Waals surface area contributed by atoms with E-state index in [4.69, 9.17) is 0 Å². The third-order valence-corrected chi connectivity index (χ3v) is 4.21. The number of hydrogen-bond donors (Lipinski definition) is 1. The molecule has 0 radical (unpaired) electrons. The maximum atomic E-state index is 4.53. The topological polar surface area (TPSA) is 28.2 Å². The Labute approximate surface area is 108 Å². The molecule has 0 amide bonds. The lowest BCUT2D eigenvalue weighted by Gasteiger charge is -2.29. The van der Waals surface area contributed by atoms with Gasteiger partial charge in [-0.05, 0) is 40.3 Å². The van der Waals surface area contributed by atoms with Gasteiger partial charge in [0.15, 0.2) is 0 Å².